The van der Waals surface area contributed by atoms with Crippen LogP contribution in [0.3, 0.4) is 0 Å². The first-order valence-electron chi connectivity index (χ1n) is 4.83. The number of rotatable bonds is 1. The number of allylic oxidation sites excluding steroid dienone is 1. The Balaban J connectivity index is 3.04. The lowest BCUT2D eigenvalue weighted by Gasteiger charge is -2.03. The van der Waals surface area contributed by atoms with Crippen LogP contribution in [0.1, 0.15) is 12.5 Å². The molecule has 2 rings (SSSR count). The van der Waals surface area contributed by atoms with E-state index >= 15 is 0 Å². The molecule has 4 heteroatoms. The molecule has 0 amide bonds. The van der Waals surface area contributed by atoms with E-state index in [1.54, 1.807) is 25.1 Å². The maximum atomic E-state index is 11.9. The van der Waals surface area contributed by atoms with E-state index in [2.05, 4.69) is 6.58 Å². The van der Waals surface area contributed by atoms with Crippen molar-refractivity contribution < 1.29 is 4.52 Å². The lowest BCUT2D eigenvalue weighted by atomic mass is 10.1. The number of hydrogen-bond donors (Lipinski definition) is 0. The minimum atomic E-state index is -0.530. The molecule has 16 heavy (non-hydrogen) atoms. The Morgan fingerprint density at radius 1 is 1.31 bits per heavy atom. The predicted molar refractivity (Wildman–Crippen MR) is 62.5 cm³/mol. The summed E-state index contributed by atoms with van der Waals surface area (Å²) in [5.41, 5.74) is 0.414. The molecular weight excluding hydrogens is 206 g/mol. The van der Waals surface area contributed by atoms with Gasteiger partial charge in [0.1, 0.15) is 0 Å². The van der Waals surface area contributed by atoms with E-state index in [-0.39, 0.29) is 5.56 Å². The van der Waals surface area contributed by atoms with Crippen LogP contribution >= 0.6 is 0 Å². The molecule has 0 aliphatic rings. The molecule has 4 nitrogen and oxygen atoms in total. The topological polar surface area (TPSA) is 52.2 Å². The Morgan fingerprint density at radius 3 is 2.62 bits per heavy atom. The molecule has 1 heterocycles. The summed E-state index contributed by atoms with van der Waals surface area (Å²) in [7, 11) is 0. The second kappa shape index (κ2) is 3.48. The fourth-order valence-electron chi connectivity index (χ4n) is 1.55. The Hall–Kier alpha value is -2.10. The number of aryl methyl sites for hydroxylation is 1. The summed E-state index contributed by atoms with van der Waals surface area (Å²) in [5.74, 6) is 0. The van der Waals surface area contributed by atoms with Gasteiger partial charge in [-0.3, -0.25) is 4.79 Å². The lowest BCUT2D eigenvalue weighted by Crippen LogP contribution is -2.23. The van der Waals surface area contributed by atoms with Crippen LogP contribution in [0.25, 0.3) is 16.5 Å². The zero-order chi connectivity index (χ0) is 11.9. The van der Waals surface area contributed by atoms with Crippen molar-refractivity contribution >= 4 is 16.5 Å². The molecule has 0 bridgehead atoms. The van der Waals surface area contributed by atoms with Gasteiger partial charge in [0.15, 0.2) is 0 Å². The largest absolute Gasteiger partial charge is 0.364 e. The number of fused-ring (bicyclic) bond motifs is 1. The Labute approximate surface area is 91.4 Å². The molecule has 1 aromatic carbocycles. The smallest absolute Gasteiger partial charge is 0.328 e. The molecule has 0 fully saturated rings. The van der Waals surface area contributed by atoms with Crippen LogP contribution in [-0.4, -0.2) is 4.74 Å². The number of nitrogens with zero attached hydrogens (tertiary/aromatic N) is 1. The third-order valence-corrected chi connectivity index (χ3v) is 2.33. The van der Waals surface area contributed by atoms with Gasteiger partial charge in [-0.2, -0.15) is 0 Å². The second-order valence-electron chi connectivity index (χ2n) is 3.76. The molecule has 2 aromatic rings. The van der Waals surface area contributed by atoms with Gasteiger partial charge < -0.3 is 4.52 Å². The number of benzene rings is 1. The maximum absolute atomic E-state index is 11.9. The number of aromatic nitrogens is 1. The van der Waals surface area contributed by atoms with E-state index in [4.69, 9.17) is 4.52 Å². The standard InChI is InChI=1S/C12H11NO3/c1-7(2)13-11(14)10-6-8(3)4-5-9(10)12(15)16-13/h4-6H,1H2,2-3H3. The summed E-state index contributed by atoms with van der Waals surface area (Å²) < 4.78 is 5.79. The minimum Gasteiger partial charge on any atom is -0.328 e. The highest BCUT2D eigenvalue weighted by Crippen LogP contribution is 2.08. The second-order valence-corrected chi connectivity index (χ2v) is 3.76. The van der Waals surface area contributed by atoms with Crippen molar-refractivity contribution in [3.63, 3.8) is 0 Å². The van der Waals surface area contributed by atoms with Gasteiger partial charge in [0.05, 0.1) is 16.5 Å². The third-order valence-electron chi connectivity index (χ3n) is 2.33. The van der Waals surface area contributed by atoms with Crippen molar-refractivity contribution in [2.24, 2.45) is 0 Å². The van der Waals surface area contributed by atoms with Gasteiger partial charge in [0.2, 0.25) is 0 Å². The van der Waals surface area contributed by atoms with E-state index in [1.807, 2.05) is 6.92 Å². The van der Waals surface area contributed by atoms with Crippen LogP contribution in [0.5, 0.6) is 0 Å². The summed E-state index contributed by atoms with van der Waals surface area (Å²) in [6.45, 7) is 7.05. The first kappa shape index (κ1) is 10.4. The SMILES string of the molecule is C=C(C)n1oc(=O)c2ccc(C)cc2c1=O. The minimum absolute atomic E-state index is 0.299. The highest BCUT2D eigenvalue weighted by atomic mass is 16.5. The molecule has 0 saturated carbocycles. The molecule has 0 N–H and O–H groups in total. The average Bonchev–Trinajstić information content (AvgIpc) is 2.22. The van der Waals surface area contributed by atoms with E-state index in [9.17, 15) is 9.59 Å². The summed E-state index contributed by atoms with van der Waals surface area (Å²) >= 11 is 0. The third kappa shape index (κ3) is 1.48. The number of hydrogen-bond acceptors (Lipinski definition) is 3. The average molecular weight is 217 g/mol. The molecule has 0 aliphatic heterocycles. The molecule has 0 saturated heterocycles. The predicted octanol–water partition coefficient (Wildman–Crippen LogP) is 1.75. The summed E-state index contributed by atoms with van der Waals surface area (Å²) in [6.07, 6.45) is 0. The van der Waals surface area contributed by atoms with Crippen LogP contribution in [-0.2, 0) is 0 Å². The van der Waals surface area contributed by atoms with Gasteiger partial charge >= 0.3 is 5.63 Å². The first-order chi connectivity index (χ1) is 7.50. The molecule has 0 aliphatic carbocycles. The van der Waals surface area contributed by atoms with Crippen LogP contribution in [0.2, 0.25) is 0 Å². The highest BCUT2D eigenvalue weighted by Gasteiger charge is 2.09. The molecule has 82 valence electrons. The summed E-state index contributed by atoms with van der Waals surface area (Å²) in [5, 5.41) is 0.660. The first-order valence-corrected chi connectivity index (χ1v) is 4.83. The van der Waals surface area contributed by atoms with Gasteiger partial charge in [-0.25, -0.2) is 4.79 Å². The van der Waals surface area contributed by atoms with Crippen molar-refractivity contribution in [1.29, 1.82) is 0 Å². The van der Waals surface area contributed by atoms with Crippen LogP contribution in [0.4, 0.5) is 0 Å². The van der Waals surface area contributed by atoms with Crippen molar-refractivity contribution in [2.75, 3.05) is 0 Å². The highest BCUT2D eigenvalue weighted by molar-refractivity contribution is 5.81. The molecular formula is C12H11NO3. The Morgan fingerprint density at radius 2 is 2.00 bits per heavy atom. The van der Waals surface area contributed by atoms with Gasteiger partial charge in [0.25, 0.3) is 5.56 Å². The molecule has 0 spiro atoms. The van der Waals surface area contributed by atoms with Crippen LogP contribution < -0.4 is 11.2 Å². The van der Waals surface area contributed by atoms with Crippen molar-refractivity contribution in [1.82, 2.24) is 4.74 Å². The lowest BCUT2D eigenvalue weighted by molar-refractivity contribution is 0.305. The zero-order valence-electron chi connectivity index (χ0n) is 9.11. The van der Waals surface area contributed by atoms with E-state index in [0.29, 0.717) is 16.5 Å². The fraction of sp³-hybridized carbons (Fsp3) is 0.167. The normalized spacial score (nSPS) is 10.6. The van der Waals surface area contributed by atoms with Crippen molar-refractivity contribution in [3.8, 4) is 0 Å². The monoisotopic (exact) mass is 217 g/mol. The van der Waals surface area contributed by atoms with Gasteiger partial charge in [-0.15, -0.1) is 4.74 Å². The van der Waals surface area contributed by atoms with Gasteiger partial charge in [0, 0.05) is 0 Å². The zero-order valence-corrected chi connectivity index (χ0v) is 9.11. The summed E-state index contributed by atoms with van der Waals surface area (Å²) in [4.78, 5) is 23.5. The molecule has 1 aromatic heterocycles. The molecule has 0 radical (unpaired) electrons. The van der Waals surface area contributed by atoms with Gasteiger partial charge in [-0.1, -0.05) is 18.2 Å². The van der Waals surface area contributed by atoms with E-state index in [0.717, 1.165) is 10.3 Å². The Kier molecular flexibility index (Phi) is 2.27. The van der Waals surface area contributed by atoms with Gasteiger partial charge in [-0.05, 0) is 26.0 Å². The summed E-state index contributed by atoms with van der Waals surface area (Å²) in [6, 6.07) is 5.04. The quantitative estimate of drug-likeness (QED) is 0.731. The molecule has 0 atom stereocenters. The maximum Gasteiger partial charge on any atom is 0.364 e. The van der Waals surface area contributed by atoms with Crippen molar-refractivity contribution in [3.05, 3.63) is 51.1 Å². The molecule has 0 unspecified atom stereocenters. The van der Waals surface area contributed by atoms with Crippen LogP contribution in [0, 0.1) is 6.92 Å². The van der Waals surface area contributed by atoms with E-state index in [1.165, 1.54) is 0 Å². The van der Waals surface area contributed by atoms with Crippen LogP contribution in [0.15, 0.2) is 38.9 Å². The van der Waals surface area contributed by atoms with Crippen molar-refractivity contribution in [2.45, 2.75) is 13.8 Å². The van der Waals surface area contributed by atoms with E-state index < -0.39 is 5.63 Å². The Bertz CT molecular complexity index is 691. The fourth-order valence-corrected chi connectivity index (χ4v) is 1.55.